The van der Waals surface area contributed by atoms with Crippen LogP contribution in [0.5, 0.6) is 0 Å². The van der Waals surface area contributed by atoms with Gasteiger partial charge < -0.3 is 11.0 Å². The van der Waals surface area contributed by atoms with Crippen molar-refractivity contribution in [2.45, 2.75) is 0 Å². The number of nitro groups is 4. The van der Waals surface area contributed by atoms with E-state index in [0.717, 1.165) is 0 Å². The summed E-state index contributed by atoms with van der Waals surface area (Å²) in [6.07, 6.45) is 0. The van der Waals surface area contributed by atoms with Gasteiger partial charge >= 0.3 is 0 Å². The molecule has 18 nitrogen and oxygen atoms in total. The van der Waals surface area contributed by atoms with Gasteiger partial charge in [0.15, 0.2) is 20.1 Å². The van der Waals surface area contributed by atoms with Gasteiger partial charge in [-0.1, -0.05) is 0 Å². The van der Waals surface area contributed by atoms with Crippen molar-refractivity contribution in [1.29, 1.82) is 0 Å². The first kappa shape index (κ1) is 52.4. The summed E-state index contributed by atoms with van der Waals surface area (Å²) in [5, 5.41) is 30.3. The van der Waals surface area contributed by atoms with Crippen molar-refractivity contribution in [2.24, 2.45) is 23.4 Å². The van der Waals surface area contributed by atoms with E-state index in [4.69, 9.17) is 40.5 Å². The first-order chi connectivity index (χ1) is 6.93. The number of nitrogens with two attached hydrogens (primary N) is 4. The van der Waals surface area contributed by atoms with Crippen molar-refractivity contribution in [3.63, 3.8) is 0 Å². The Hall–Kier alpha value is -2.24. The Morgan fingerprint density at radius 1 is 0.500 bits per heavy atom. The van der Waals surface area contributed by atoms with Crippen LogP contribution in [-0.2, 0) is 45.1 Å². The Balaban J connectivity index is -0.0000000150. The summed E-state index contributed by atoms with van der Waals surface area (Å²) in [7, 11) is 0. The van der Waals surface area contributed by atoms with Crippen LogP contribution in [0.4, 0.5) is 0 Å². The van der Waals surface area contributed by atoms with Crippen LogP contribution in [0.15, 0.2) is 0 Å². The monoisotopic (exact) mass is 412 g/mol. The second-order valence-corrected chi connectivity index (χ2v) is 1.14. The molecule has 0 heterocycles. The number of rotatable bonds is 0. The molecule has 0 rings (SSSR count). The minimum atomic E-state index is -1.00. The van der Waals surface area contributed by atoms with Gasteiger partial charge in [0.2, 0.25) is 0 Å². The smallest absolute Gasteiger partial charge is 0.154 e. The normalized spacial score (nSPS) is 4.80. The average molecular weight is 413 g/mol. The summed E-state index contributed by atoms with van der Waals surface area (Å²) in [5.41, 5.74) is 0. The van der Waals surface area contributed by atoms with Gasteiger partial charge in [-0.3, -0.25) is 0 Å². The van der Waals surface area contributed by atoms with E-state index in [9.17, 15) is 0 Å². The molecule has 20 heteroatoms. The van der Waals surface area contributed by atoms with Crippen LogP contribution >= 0.6 is 0 Å². The molecule has 0 amide bonds. The minimum absolute atomic E-state index is 0. The van der Waals surface area contributed by atoms with Gasteiger partial charge in [0.1, 0.15) is 0 Å². The van der Waals surface area contributed by atoms with Crippen molar-refractivity contribution in [3.05, 3.63) is 40.5 Å². The summed E-state index contributed by atoms with van der Waals surface area (Å²) in [6.45, 7) is 0. The third kappa shape index (κ3) is 684. The van der Waals surface area contributed by atoms with Gasteiger partial charge in [0.05, 0.1) is 0 Å². The molecule has 0 saturated heterocycles. The van der Waals surface area contributed by atoms with Crippen LogP contribution in [0, 0.1) is 40.5 Å². The van der Waals surface area contributed by atoms with Crippen LogP contribution in [0.1, 0.15) is 0 Å². The quantitative estimate of drug-likeness (QED) is 0.0950. The number of hydrazine groups is 4. The fourth-order valence-electron chi connectivity index (χ4n) is 0. The minimum Gasteiger partial charge on any atom is -0.457 e. The van der Waals surface area contributed by atoms with Crippen molar-refractivity contribution >= 4 is 0 Å². The van der Waals surface area contributed by atoms with Crippen LogP contribution in [0.2, 0.25) is 0 Å². The van der Waals surface area contributed by atoms with E-state index < -0.39 is 20.1 Å². The van der Waals surface area contributed by atoms with Gasteiger partial charge in [-0.15, -0.1) is 0 Å². The maximum Gasteiger partial charge on any atom is 0.154 e. The molecule has 0 aliphatic rings. The molecule has 0 aliphatic carbocycles. The van der Waals surface area contributed by atoms with E-state index in [1.54, 1.807) is 0 Å². The Bertz CT molecular complexity index is 167. The predicted molar refractivity (Wildman–Crippen MR) is 54.5 cm³/mol. The summed E-state index contributed by atoms with van der Waals surface area (Å²) >= 11 is 0. The molecule has 0 atom stereocenters. The fraction of sp³-hybridized carbons (Fsp3) is 0. The van der Waals surface area contributed by atoms with Crippen molar-refractivity contribution in [1.82, 2.24) is 0 Å². The fourth-order valence-corrected chi connectivity index (χ4v) is 0. The topological polar surface area (TPSA) is 343 Å². The number of nitrogens with zero attached hydrogens (tertiary/aromatic N) is 4. The molecule has 134 valence electrons. The first-order valence-electron chi connectivity index (χ1n) is 2.49. The van der Waals surface area contributed by atoms with E-state index >= 15 is 0 Å². The zero-order valence-corrected chi connectivity index (χ0v) is 11.0. The van der Waals surface area contributed by atoms with Crippen molar-refractivity contribution in [2.75, 3.05) is 0 Å². The van der Waals surface area contributed by atoms with Gasteiger partial charge in [-0.05, 0) is 0 Å². The molecule has 2 radical (unpaired) electrons. The van der Waals surface area contributed by atoms with Crippen molar-refractivity contribution in [3.8, 4) is 0 Å². The van der Waals surface area contributed by atoms with Gasteiger partial charge in [0, 0.05) is 34.1 Å². The molecule has 0 aromatic heterocycles. The average Bonchev–Trinajstić information content (AvgIpc) is 1.76. The Kier molecular flexibility index (Phi) is 114. The second kappa shape index (κ2) is 43.7. The SMILES string of the molecule is N[N+](=O)[O-].N[N+](=O)[O-].N[N+](=O)[O-].N[N+](=O)[O-].[Cu].[Cu].[OH3+].[OH3+]. The molecule has 0 aromatic carbocycles. The Morgan fingerprint density at radius 2 is 0.500 bits per heavy atom. The zero-order chi connectivity index (χ0) is 14.3. The molecule has 0 fully saturated rings. The maximum atomic E-state index is 8.58. The molecule has 0 spiro atoms. The molecule has 20 heavy (non-hydrogen) atoms. The van der Waals surface area contributed by atoms with Crippen LogP contribution in [-0.4, -0.2) is 20.1 Å². The molecule has 14 N–H and O–H groups in total. The Morgan fingerprint density at radius 3 is 0.500 bits per heavy atom. The standard InChI is InChI=1S/2Cu.4H2N2O2.2H2O/c;;4*1-2(3)4;;/h;;4*1H2;2*1H2/p+2. The molecule has 0 unspecified atom stereocenters. The predicted octanol–water partition coefficient (Wildman–Crippen LogP) is -5.30. The largest absolute Gasteiger partial charge is 0.457 e. The molecule has 0 saturated carbocycles. The second-order valence-electron chi connectivity index (χ2n) is 1.14. The number of hydrogen-bond donors (Lipinski definition) is 4. The summed E-state index contributed by atoms with van der Waals surface area (Å²) in [4.78, 5) is 34.3. The van der Waals surface area contributed by atoms with Crippen LogP contribution in [0.25, 0.3) is 0 Å². The summed E-state index contributed by atoms with van der Waals surface area (Å²) in [5.74, 6) is 15.3. The maximum absolute atomic E-state index is 8.58. The molecule has 0 aliphatic heterocycles. The zero-order valence-electron chi connectivity index (χ0n) is 9.12. The van der Waals surface area contributed by atoms with E-state index in [0.29, 0.717) is 0 Å². The van der Waals surface area contributed by atoms with Crippen LogP contribution < -0.4 is 23.4 Å². The van der Waals surface area contributed by atoms with Crippen LogP contribution in [0.3, 0.4) is 0 Å². The molecule has 0 aromatic rings. The van der Waals surface area contributed by atoms with E-state index in [1.807, 2.05) is 0 Å². The molecule has 0 bridgehead atoms. The number of hydrogen-bond acceptors (Lipinski definition) is 8. The van der Waals surface area contributed by atoms with E-state index in [1.165, 1.54) is 0 Å². The molecular formula is H14Cu2N8O10+2. The first-order valence-corrected chi connectivity index (χ1v) is 2.49. The third-order valence-electron chi connectivity index (χ3n) is 0. The summed E-state index contributed by atoms with van der Waals surface area (Å²) in [6, 6.07) is 0. The van der Waals surface area contributed by atoms with E-state index in [-0.39, 0.29) is 45.1 Å². The van der Waals surface area contributed by atoms with E-state index in [2.05, 4.69) is 23.4 Å². The van der Waals surface area contributed by atoms with Gasteiger partial charge in [-0.2, -0.15) is 23.4 Å². The third-order valence-corrected chi connectivity index (χ3v) is 0. The van der Waals surface area contributed by atoms with Gasteiger partial charge in [0.25, 0.3) is 0 Å². The Labute approximate surface area is 129 Å². The summed E-state index contributed by atoms with van der Waals surface area (Å²) < 4.78 is 0. The van der Waals surface area contributed by atoms with Crippen molar-refractivity contribution < 1.29 is 65.2 Å². The van der Waals surface area contributed by atoms with Gasteiger partial charge in [-0.25, -0.2) is 40.5 Å². The molecular weight excluding hydrogens is 399 g/mol.